The Hall–Kier alpha value is -1.10. The molecule has 1 rings (SSSR count). The second kappa shape index (κ2) is 4.71. The molecule has 2 N–H and O–H groups in total. The van der Waals surface area contributed by atoms with Gasteiger partial charge in [0.25, 0.3) is 0 Å². The fourth-order valence-electron chi connectivity index (χ4n) is 0.820. The van der Waals surface area contributed by atoms with E-state index in [0.717, 1.165) is 19.4 Å². The van der Waals surface area contributed by atoms with Crippen LogP contribution in [0.1, 0.15) is 19.8 Å². The molecule has 0 saturated carbocycles. The minimum atomic E-state index is -0.350. The van der Waals surface area contributed by atoms with E-state index in [1.807, 2.05) is 0 Å². The number of carbonyl (C=O) groups excluding carboxylic acids is 1. The Kier molecular flexibility index (Phi) is 3.53. The third-order valence-corrected chi connectivity index (χ3v) is 1.45. The van der Waals surface area contributed by atoms with Gasteiger partial charge >= 0.3 is 6.03 Å². The average Bonchev–Trinajstić information content (AvgIpc) is 2.05. The largest absolute Gasteiger partial charge is 0.344 e. The summed E-state index contributed by atoms with van der Waals surface area (Å²) >= 11 is 0. The van der Waals surface area contributed by atoms with Crippen molar-refractivity contribution in [3.05, 3.63) is 0 Å². The summed E-state index contributed by atoms with van der Waals surface area (Å²) in [6, 6.07) is -0.350. The van der Waals surface area contributed by atoms with Crippen molar-refractivity contribution in [1.82, 2.24) is 10.8 Å². The first-order chi connectivity index (χ1) is 5.83. The number of hydrogen-bond acceptors (Lipinski definition) is 3. The molecule has 0 unspecified atom stereocenters. The fourth-order valence-corrected chi connectivity index (χ4v) is 0.820. The van der Waals surface area contributed by atoms with Crippen LogP contribution in [0, 0.1) is 0 Å². The second-order valence-corrected chi connectivity index (χ2v) is 2.53. The highest BCUT2D eigenvalue weighted by molar-refractivity contribution is 5.99. The molecule has 12 heavy (non-hydrogen) atoms. The van der Waals surface area contributed by atoms with Crippen LogP contribution >= 0.6 is 0 Å². The van der Waals surface area contributed by atoms with Crippen LogP contribution in [0.4, 0.5) is 4.79 Å². The van der Waals surface area contributed by atoms with Gasteiger partial charge in [0.05, 0.1) is 0 Å². The lowest BCUT2D eigenvalue weighted by molar-refractivity contribution is 0.0786. The molecule has 5 heteroatoms. The Labute approximate surface area is 71.1 Å². The first-order valence-electron chi connectivity index (χ1n) is 4.05. The maximum atomic E-state index is 10.7. The van der Waals surface area contributed by atoms with Crippen molar-refractivity contribution < 1.29 is 9.63 Å². The van der Waals surface area contributed by atoms with Gasteiger partial charge in [0.15, 0.2) is 0 Å². The zero-order chi connectivity index (χ0) is 8.81. The summed E-state index contributed by atoms with van der Waals surface area (Å²) in [4.78, 5) is 19.6. The smallest absolute Gasteiger partial charge is 0.292 e. The molecule has 0 aromatic rings. The molecule has 1 saturated heterocycles. The number of aliphatic imine (C=N–C) groups is 1. The van der Waals surface area contributed by atoms with E-state index in [4.69, 9.17) is 4.84 Å². The predicted molar refractivity (Wildman–Crippen MR) is 44.8 cm³/mol. The van der Waals surface area contributed by atoms with Crippen LogP contribution in [0.5, 0.6) is 0 Å². The summed E-state index contributed by atoms with van der Waals surface area (Å²) < 4.78 is 0. The SMILES string of the molecule is CCCCN=C1CONC(=O)N1. The van der Waals surface area contributed by atoms with E-state index in [2.05, 4.69) is 22.7 Å². The molecule has 0 aromatic heterocycles. The van der Waals surface area contributed by atoms with Crippen molar-refractivity contribution in [3.8, 4) is 0 Å². The van der Waals surface area contributed by atoms with Crippen LogP contribution in [0.3, 0.4) is 0 Å². The molecule has 0 aromatic carbocycles. The third kappa shape index (κ3) is 2.87. The topological polar surface area (TPSA) is 62.7 Å². The van der Waals surface area contributed by atoms with E-state index in [-0.39, 0.29) is 6.03 Å². The van der Waals surface area contributed by atoms with Gasteiger partial charge in [0, 0.05) is 6.54 Å². The van der Waals surface area contributed by atoms with Crippen molar-refractivity contribution in [1.29, 1.82) is 0 Å². The van der Waals surface area contributed by atoms with Crippen LogP contribution in [0.2, 0.25) is 0 Å². The third-order valence-electron chi connectivity index (χ3n) is 1.45. The lowest BCUT2D eigenvalue weighted by Gasteiger charge is -2.15. The molecule has 0 bridgehead atoms. The Morgan fingerprint density at radius 1 is 1.67 bits per heavy atom. The van der Waals surface area contributed by atoms with Gasteiger partial charge in [-0.2, -0.15) is 0 Å². The Bertz CT molecular complexity index is 191. The average molecular weight is 171 g/mol. The minimum absolute atomic E-state index is 0.329. The van der Waals surface area contributed by atoms with Gasteiger partial charge in [-0.1, -0.05) is 13.3 Å². The van der Waals surface area contributed by atoms with Crippen LogP contribution in [-0.2, 0) is 4.84 Å². The van der Waals surface area contributed by atoms with E-state index in [1.54, 1.807) is 0 Å². The highest BCUT2D eigenvalue weighted by atomic mass is 16.7. The highest BCUT2D eigenvalue weighted by Gasteiger charge is 2.11. The maximum Gasteiger partial charge on any atom is 0.344 e. The van der Waals surface area contributed by atoms with Crippen molar-refractivity contribution in [3.63, 3.8) is 0 Å². The van der Waals surface area contributed by atoms with Gasteiger partial charge in [-0.3, -0.25) is 15.1 Å². The molecule has 68 valence electrons. The van der Waals surface area contributed by atoms with E-state index in [0.29, 0.717) is 12.4 Å². The van der Waals surface area contributed by atoms with Crippen LogP contribution in [-0.4, -0.2) is 25.0 Å². The normalized spacial score (nSPS) is 20.4. The number of hydroxylamine groups is 1. The number of nitrogens with zero attached hydrogens (tertiary/aromatic N) is 1. The molecule has 1 fully saturated rings. The quantitative estimate of drug-likeness (QED) is 0.605. The van der Waals surface area contributed by atoms with E-state index < -0.39 is 0 Å². The van der Waals surface area contributed by atoms with Crippen LogP contribution < -0.4 is 10.8 Å². The van der Waals surface area contributed by atoms with E-state index in [9.17, 15) is 4.79 Å². The number of unbranched alkanes of at least 4 members (excludes halogenated alkanes) is 1. The number of amides is 2. The monoisotopic (exact) mass is 171 g/mol. The van der Waals surface area contributed by atoms with Crippen molar-refractivity contribution in [2.75, 3.05) is 13.2 Å². The molecule has 0 radical (unpaired) electrons. The lowest BCUT2D eigenvalue weighted by Crippen LogP contribution is -2.48. The second-order valence-electron chi connectivity index (χ2n) is 2.53. The summed E-state index contributed by atoms with van der Waals surface area (Å²) in [5, 5.41) is 2.55. The van der Waals surface area contributed by atoms with E-state index in [1.165, 1.54) is 0 Å². The van der Waals surface area contributed by atoms with Crippen molar-refractivity contribution >= 4 is 11.9 Å². The zero-order valence-corrected chi connectivity index (χ0v) is 7.09. The first-order valence-corrected chi connectivity index (χ1v) is 4.05. The summed E-state index contributed by atoms with van der Waals surface area (Å²) in [6.45, 7) is 3.17. The Balaban J connectivity index is 2.29. The molecule has 5 nitrogen and oxygen atoms in total. The number of nitrogens with one attached hydrogen (secondary N) is 2. The zero-order valence-electron chi connectivity index (χ0n) is 7.09. The predicted octanol–water partition coefficient (Wildman–Crippen LogP) is 0.429. The van der Waals surface area contributed by atoms with Gasteiger partial charge in [-0.15, -0.1) is 0 Å². The molecule has 0 aliphatic carbocycles. The summed E-state index contributed by atoms with van der Waals surface area (Å²) in [5.74, 6) is 0.604. The number of amidine groups is 1. The maximum absolute atomic E-state index is 10.7. The number of hydrogen-bond donors (Lipinski definition) is 2. The number of carbonyl (C=O) groups is 1. The van der Waals surface area contributed by atoms with Crippen molar-refractivity contribution in [2.24, 2.45) is 4.99 Å². The lowest BCUT2D eigenvalue weighted by atomic mass is 10.3. The molecule has 0 spiro atoms. The van der Waals surface area contributed by atoms with Crippen LogP contribution in [0.15, 0.2) is 4.99 Å². The molecule has 1 heterocycles. The molecular weight excluding hydrogens is 158 g/mol. The molecular formula is C7H13N3O2. The summed E-state index contributed by atoms with van der Waals surface area (Å²) in [5.41, 5.74) is 2.17. The van der Waals surface area contributed by atoms with Gasteiger partial charge < -0.3 is 0 Å². The number of rotatable bonds is 3. The van der Waals surface area contributed by atoms with Crippen molar-refractivity contribution in [2.45, 2.75) is 19.8 Å². The first kappa shape index (κ1) is 8.99. The van der Waals surface area contributed by atoms with Gasteiger partial charge in [0.1, 0.15) is 12.4 Å². The Morgan fingerprint density at radius 2 is 2.50 bits per heavy atom. The molecule has 1 aliphatic heterocycles. The molecule has 2 amide bonds. The molecule has 0 atom stereocenters. The summed E-state index contributed by atoms with van der Waals surface area (Å²) in [7, 11) is 0. The number of urea groups is 1. The summed E-state index contributed by atoms with van der Waals surface area (Å²) in [6.07, 6.45) is 2.14. The van der Waals surface area contributed by atoms with Gasteiger partial charge in [0.2, 0.25) is 0 Å². The van der Waals surface area contributed by atoms with Crippen LogP contribution in [0.25, 0.3) is 0 Å². The standard InChI is InChI=1S/C7H13N3O2/c1-2-3-4-8-6-5-12-10-7(11)9-6/h2-5H2,1H3,(H2,8,9,10,11). The minimum Gasteiger partial charge on any atom is -0.292 e. The van der Waals surface area contributed by atoms with Gasteiger partial charge in [-0.25, -0.2) is 10.3 Å². The Morgan fingerprint density at radius 3 is 3.17 bits per heavy atom. The highest BCUT2D eigenvalue weighted by Crippen LogP contribution is 1.89. The van der Waals surface area contributed by atoms with E-state index >= 15 is 0 Å². The molecule has 1 aliphatic rings. The fraction of sp³-hybridized carbons (Fsp3) is 0.714. The van der Waals surface area contributed by atoms with Gasteiger partial charge in [-0.05, 0) is 6.42 Å².